The van der Waals surface area contributed by atoms with Gasteiger partial charge < -0.3 is 20.5 Å². The number of hydrogen-bond acceptors (Lipinski definition) is 6. The second-order valence-corrected chi connectivity index (χ2v) is 5.00. The standard InChI is InChI=1S/C12H19N7O/c1-2-9-15-10(17-13)5-11(16-9)18-3-4-19-8(7-18)6-14-12(19)20/h5,8H,2-4,6-7,13H2,1H3,(H,14,20)(H,15,16,17). The number of nitrogens with zero attached hydrogens (tertiary/aromatic N) is 4. The van der Waals surface area contributed by atoms with E-state index in [1.54, 1.807) is 0 Å². The molecular formula is C12H19N7O. The van der Waals surface area contributed by atoms with E-state index in [4.69, 9.17) is 5.84 Å². The lowest BCUT2D eigenvalue weighted by Crippen LogP contribution is -2.52. The quantitative estimate of drug-likeness (QED) is 0.510. The summed E-state index contributed by atoms with van der Waals surface area (Å²) in [5.74, 6) is 7.70. The first-order valence-electron chi connectivity index (χ1n) is 6.85. The van der Waals surface area contributed by atoms with Gasteiger partial charge in [0.2, 0.25) is 0 Å². The van der Waals surface area contributed by atoms with Gasteiger partial charge in [0.15, 0.2) is 0 Å². The minimum Gasteiger partial charge on any atom is -0.353 e. The van der Waals surface area contributed by atoms with Crippen LogP contribution in [0.3, 0.4) is 0 Å². The van der Waals surface area contributed by atoms with Gasteiger partial charge in [0, 0.05) is 38.7 Å². The molecule has 108 valence electrons. The summed E-state index contributed by atoms with van der Waals surface area (Å²) in [4.78, 5) is 24.5. The number of hydrogen-bond donors (Lipinski definition) is 3. The first kappa shape index (κ1) is 12.9. The average Bonchev–Trinajstić information content (AvgIpc) is 2.87. The number of carbonyl (C=O) groups is 1. The number of nitrogen functional groups attached to an aromatic ring is 1. The van der Waals surface area contributed by atoms with Crippen LogP contribution in [0.15, 0.2) is 6.07 Å². The van der Waals surface area contributed by atoms with E-state index in [0.29, 0.717) is 18.9 Å². The van der Waals surface area contributed by atoms with E-state index in [0.717, 1.165) is 31.2 Å². The Morgan fingerprint density at radius 3 is 3.10 bits per heavy atom. The molecule has 2 aliphatic rings. The zero-order valence-corrected chi connectivity index (χ0v) is 11.5. The predicted molar refractivity (Wildman–Crippen MR) is 75.3 cm³/mol. The minimum absolute atomic E-state index is 0.0379. The van der Waals surface area contributed by atoms with Crippen LogP contribution in [0.4, 0.5) is 16.4 Å². The molecule has 1 aromatic rings. The minimum atomic E-state index is 0.0379. The van der Waals surface area contributed by atoms with Crippen molar-refractivity contribution in [1.82, 2.24) is 20.2 Å². The van der Waals surface area contributed by atoms with Gasteiger partial charge in [0.25, 0.3) is 0 Å². The molecule has 8 heteroatoms. The van der Waals surface area contributed by atoms with Gasteiger partial charge in [-0.15, -0.1) is 0 Å². The highest BCUT2D eigenvalue weighted by Gasteiger charge is 2.35. The number of hydrazine groups is 1. The van der Waals surface area contributed by atoms with Crippen LogP contribution in [0.25, 0.3) is 0 Å². The Labute approximate surface area is 117 Å². The van der Waals surface area contributed by atoms with Crippen molar-refractivity contribution >= 4 is 17.7 Å². The summed E-state index contributed by atoms with van der Waals surface area (Å²) in [6.07, 6.45) is 0.756. The molecule has 0 radical (unpaired) electrons. The monoisotopic (exact) mass is 277 g/mol. The normalized spacial score (nSPS) is 21.7. The first-order valence-corrected chi connectivity index (χ1v) is 6.85. The lowest BCUT2D eigenvalue weighted by molar-refractivity contribution is 0.197. The number of anilines is 2. The Morgan fingerprint density at radius 1 is 1.50 bits per heavy atom. The fraction of sp³-hybridized carbons (Fsp3) is 0.583. The average molecular weight is 277 g/mol. The van der Waals surface area contributed by atoms with E-state index in [9.17, 15) is 4.79 Å². The van der Waals surface area contributed by atoms with Gasteiger partial charge in [-0.1, -0.05) is 6.92 Å². The topological polar surface area (TPSA) is 99.4 Å². The first-order chi connectivity index (χ1) is 9.71. The summed E-state index contributed by atoms with van der Waals surface area (Å²) in [7, 11) is 0. The number of nitrogens with two attached hydrogens (primary N) is 1. The maximum Gasteiger partial charge on any atom is 0.317 e. The van der Waals surface area contributed by atoms with Crippen LogP contribution in [0, 0.1) is 0 Å². The van der Waals surface area contributed by atoms with Gasteiger partial charge >= 0.3 is 6.03 Å². The Balaban J connectivity index is 1.81. The third kappa shape index (κ3) is 2.22. The second kappa shape index (κ2) is 5.12. The largest absolute Gasteiger partial charge is 0.353 e. The fourth-order valence-electron chi connectivity index (χ4n) is 2.69. The van der Waals surface area contributed by atoms with Gasteiger partial charge in [-0.2, -0.15) is 0 Å². The molecule has 0 spiro atoms. The number of nitrogens with one attached hydrogen (secondary N) is 2. The highest BCUT2D eigenvalue weighted by atomic mass is 16.2. The molecule has 0 aromatic carbocycles. The third-order valence-corrected chi connectivity index (χ3v) is 3.78. The summed E-state index contributed by atoms with van der Waals surface area (Å²) in [5.41, 5.74) is 2.58. The van der Waals surface area contributed by atoms with Crippen LogP contribution in [-0.2, 0) is 6.42 Å². The molecule has 1 aromatic heterocycles. The number of carbonyl (C=O) groups excluding carboxylic acids is 1. The summed E-state index contributed by atoms with van der Waals surface area (Å²) in [5, 5.41) is 2.87. The number of urea groups is 1. The van der Waals surface area contributed by atoms with Crippen molar-refractivity contribution < 1.29 is 4.79 Å². The van der Waals surface area contributed by atoms with Crippen molar-refractivity contribution in [2.24, 2.45) is 5.84 Å². The number of aryl methyl sites for hydroxylation is 1. The number of piperazine rings is 1. The maximum absolute atomic E-state index is 11.6. The van der Waals surface area contributed by atoms with Crippen molar-refractivity contribution in [3.05, 3.63) is 11.9 Å². The molecule has 8 nitrogen and oxygen atoms in total. The zero-order chi connectivity index (χ0) is 14.1. The Bertz CT molecular complexity index is 498. The Kier molecular flexibility index (Phi) is 3.31. The van der Waals surface area contributed by atoms with Crippen LogP contribution in [-0.4, -0.2) is 53.1 Å². The summed E-state index contributed by atoms with van der Waals surface area (Å²) in [6.45, 7) is 4.98. The number of aromatic nitrogens is 2. The number of amides is 2. The van der Waals surface area contributed by atoms with Crippen molar-refractivity contribution in [2.45, 2.75) is 19.4 Å². The lowest BCUT2D eigenvalue weighted by atomic mass is 10.2. The van der Waals surface area contributed by atoms with E-state index in [1.165, 1.54) is 0 Å². The molecule has 2 aliphatic heterocycles. The lowest BCUT2D eigenvalue weighted by Gasteiger charge is -2.37. The maximum atomic E-state index is 11.6. The van der Waals surface area contributed by atoms with Crippen LogP contribution in [0.1, 0.15) is 12.7 Å². The molecule has 1 unspecified atom stereocenters. The Hall–Kier alpha value is -2.09. The van der Waals surface area contributed by atoms with Gasteiger partial charge in [0.05, 0.1) is 6.04 Å². The van der Waals surface area contributed by atoms with Crippen molar-refractivity contribution in [3.63, 3.8) is 0 Å². The summed E-state index contributed by atoms with van der Waals surface area (Å²) >= 11 is 0. The molecule has 1 atom stereocenters. The van der Waals surface area contributed by atoms with Gasteiger partial charge in [-0.05, 0) is 0 Å². The number of rotatable bonds is 3. The van der Waals surface area contributed by atoms with E-state index >= 15 is 0 Å². The molecule has 4 N–H and O–H groups in total. The molecule has 0 bridgehead atoms. The third-order valence-electron chi connectivity index (χ3n) is 3.78. The summed E-state index contributed by atoms with van der Waals surface area (Å²) < 4.78 is 0. The van der Waals surface area contributed by atoms with Gasteiger partial charge in [-0.3, -0.25) is 0 Å². The van der Waals surface area contributed by atoms with Crippen LogP contribution < -0.4 is 21.5 Å². The van der Waals surface area contributed by atoms with Crippen LogP contribution in [0.5, 0.6) is 0 Å². The van der Waals surface area contributed by atoms with Crippen molar-refractivity contribution in [3.8, 4) is 0 Å². The summed E-state index contributed by atoms with van der Waals surface area (Å²) in [6, 6.07) is 2.10. The van der Waals surface area contributed by atoms with E-state index in [-0.39, 0.29) is 12.1 Å². The Morgan fingerprint density at radius 2 is 2.35 bits per heavy atom. The molecular weight excluding hydrogens is 258 g/mol. The van der Waals surface area contributed by atoms with Crippen molar-refractivity contribution in [2.75, 3.05) is 36.5 Å². The van der Waals surface area contributed by atoms with Crippen LogP contribution >= 0.6 is 0 Å². The highest BCUT2D eigenvalue weighted by Crippen LogP contribution is 2.21. The highest BCUT2D eigenvalue weighted by molar-refractivity contribution is 5.77. The molecule has 2 amide bonds. The molecule has 2 fully saturated rings. The predicted octanol–water partition coefficient (Wildman–Crippen LogP) is -0.462. The fourth-order valence-corrected chi connectivity index (χ4v) is 2.69. The molecule has 0 aliphatic carbocycles. The smallest absolute Gasteiger partial charge is 0.317 e. The van der Waals surface area contributed by atoms with Gasteiger partial charge in [0.1, 0.15) is 17.5 Å². The molecule has 3 rings (SSSR count). The van der Waals surface area contributed by atoms with Crippen molar-refractivity contribution in [1.29, 1.82) is 0 Å². The number of fused-ring (bicyclic) bond motifs is 1. The zero-order valence-electron chi connectivity index (χ0n) is 11.5. The SMILES string of the molecule is CCc1nc(NN)cc(N2CCN3C(=O)NCC3C2)n1. The van der Waals surface area contributed by atoms with Crippen LogP contribution in [0.2, 0.25) is 0 Å². The van der Waals surface area contributed by atoms with E-state index in [1.807, 2.05) is 17.9 Å². The van der Waals surface area contributed by atoms with Gasteiger partial charge in [-0.25, -0.2) is 20.6 Å². The molecule has 0 saturated carbocycles. The second-order valence-electron chi connectivity index (χ2n) is 5.00. The van der Waals surface area contributed by atoms with E-state index < -0.39 is 0 Å². The molecule has 3 heterocycles. The molecule has 20 heavy (non-hydrogen) atoms. The van der Waals surface area contributed by atoms with E-state index in [2.05, 4.69) is 25.6 Å². The molecule has 2 saturated heterocycles.